The smallest absolute Gasteiger partial charge is 0.276 e. The number of nitrogens with zero attached hydrogens (tertiary/aromatic N) is 2. The highest BCUT2D eigenvalue weighted by Crippen LogP contribution is 2.25. The van der Waals surface area contributed by atoms with E-state index in [9.17, 15) is 8.42 Å². The number of nitrogens with one attached hydrogen (secondary N) is 1. The van der Waals surface area contributed by atoms with Gasteiger partial charge in [-0.3, -0.25) is 0 Å². The van der Waals surface area contributed by atoms with Crippen molar-refractivity contribution in [2.24, 2.45) is 0 Å². The first-order chi connectivity index (χ1) is 8.54. The molecule has 1 aliphatic rings. The maximum absolute atomic E-state index is 11.0. The molecular weight excluding hydrogens is 274 g/mol. The van der Waals surface area contributed by atoms with Crippen LogP contribution in [0.15, 0.2) is 9.64 Å². The molecule has 1 unspecified atom stereocenters. The molecule has 102 valence electrons. The molecule has 0 amide bonds. The normalized spacial score (nSPS) is 21.1. The van der Waals surface area contributed by atoms with Gasteiger partial charge in [0.25, 0.3) is 5.22 Å². The molecule has 1 saturated heterocycles. The molecule has 1 aliphatic heterocycles. The Balaban J connectivity index is 1.85. The fourth-order valence-electron chi connectivity index (χ4n) is 1.79. The molecule has 1 aromatic heterocycles. The van der Waals surface area contributed by atoms with E-state index in [4.69, 9.17) is 4.42 Å². The van der Waals surface area contributed by atoms with E-state index in [1.807, 2.05) is 0 Å². The first-order valence-electron chi connectivity index (χ1n) is 5.89. The Hall–Kier alpha value is -0.600. The van der Waals surface area contributed by atoms with E-state index in [1.165, 1.54) is 18.0 Å². The summed E-state index contributed by atoms with van der Waals surface area (Å²) in [6.07, 6.45) is 3.40. The molecule has 0 aromatic carbocycles. The Morgan fingerprint density at radius 3 is 3.00 bits per heavy atom. The topological polar surface area (TPSA) is 85.1 Å². The van der Waals surface area contributed by atoms with Crippen LogP contribution in [-0.4, -0.2) is 49.5 Å². The van der Waals surface area contributed by atoms with E-state index in [0.29, 0.717) is 16.9 Å². The number of thioether (sulfide) groups is 1. The van der Waals surface area contributed by atoms with E-state index in [1.54, 1.807) is 0 Å². The van der Waals surface area contributed by atoms with Gasteiger partial charge in [-0.2, -0.15) is 0 Å². The van der Waals surface area contributed by atoms with Crippen molar-refractivity contribution in [1.82, 2.24) is 15.5 Å². The second kappa shape index (κ2) is 6.03. The highest BCUT2D eigenvalue weighted by Gasteiger charge is 2.21. The summed E-state index contributed by atoms with van der Waals surface area (Å²) in [5.74, 6) is 1.52. The minimum atomic E-state index is -2.93. The van der Waals surface area contributed by atoms with Crippen molar-refractivity contribution >= 4 is 21.6 Å². The van der Waals surface area contributed by atoms with Crippen molar-refractivity contribution in [2.45, 2.75) is 24.0 Å². The Labute approximate surface area is 111 Å². The van der Waals surface area contributed by atoms with E-state index in [2.05, 4.69) is 15.5 Å². The van der Waals surface area contributed by atoms with Crippen LogP contribution in [0.25, 0.3) is 0 Å². The van der Waals surface area contributed by atoms with E-state index >= 15 is 0 Å². The van der Waals surface area contributed by atoms with Gasteiger partial charge >= 0.3 is 0 Å². The van der Waals surface area contributed by atoms with Gasteiger partial charge in [0.15, 0.2) is 0 Å². The van der Waals surface area contributed by atoms with Crippen molar-refractivity contribution in [3.8, 4) is 0 Å². The van der Waals surface area contributed by atoms with Crippen molar-refractivity contribution in [1.29, 1.82) is 0 Å². The van der Waals surface area contributed by atoms with Crippen LogP contribution in [0.3, 0.4) is 0 Å². The summed E-state index contributed by atoms with van der Waals surface area (Å²) < 4.78 is 27.5. The molecule has 0 spiro atoms. The summed E-state index contributed by atoms with van der Waals surface area (Å²) >= 11 is 1.29. The van der Waals surface area contributed by atoms with Gasteiger partial charge in [-0.1, -0.05) is 11.8 Å². The second-order valence-corrected chi connectivity index (χ2v) is 7.73. The number of piperidine rings is 1. The summed E-state index contributed by atoms with van der Waals surface area (Å²) in [5, 5.41) is 11.7. The van der Waals surface area contributed by atoms with Crippen molar-refractivity contribution in [3.63, 3.8) is 0 Å². The zero-order valence-corrected chi connectivity index (χ0v) is 11.9. The van der Waals surface area contributed by atoms with Gasteiger partial charge in [0.1, 0.15) is 9.84 Å². The molecule has 2 rings (SSSR count). The standard InChI is InChI=1S/C10H17N3O3S2/c1-18(14,15)6-5-17-10-13-12-9(16-10)8-3-2-4-11-7-8/h8,11H,2-7H2,1H3. The lowest BCUT2D eigenvalue weighted by Gasteiger charge is -2.18. The Bertz CT molecular complexity index is 480. The van der Waals surface area contributed by atoms with Crippen molar-refractivity contribution in [3.05, 3.63) is 5.89 Å². The number of rotatable bonds is 5. The van der Waals surface area contributed by atoms with Gasteiger partial charge < -0.3 is 9.73 Å². The molecular formula is C10H17N3O3S2. The first-order valence-corrected chi connectivity index (χ1v) is 8.94. The molecule has 8 heteroatoms. The molecule has 6 nitrogen and oxygen atoms in total. The average molecular weight is 291 g/mol. The molecule has 1 N–H and O–H groups in total. The number of aromatic nitrogens is 2. The second-order valence-electron chi connectivity index (χ2n) is 4.43. The predicted octanol–water partition coefficient (Wildman–Crippen LogP) is 0.673. The summed E-state index contributed by atoms with van der Waals surface area (Å²) in [4.78, 5) is 0. The maximum Gasteiger partial charge on any atom is 0.276 e. The summed E-state index contributed by atoms with van der Waals surface area (Å²) in [6.45, 7) is 1.91. The van der Waals surface area contributed by atoms with Crippen LogP contribution in [-0.2, 0) is 9.84 Å². The zero-order valence-electron chi connectivity index (χ0n) is 10.3. The van der Waals surface area contributed by atoms with Crippen LogP contribution in [0.1, 0.15) is 24.7 Å². The lowest BCUT2D eigenvalue weighted by molar-refractivity contribution is 0.344. The average Bonchev–Trinajstić information content (AvgIpc) is 2.77. The molecule has 0 aliphatic carbocycles. The zero-order chi connectivity index (χ0) is 13.0. The molecule has 2 heterocycles. The maximum atomic E-state index is 11.0. The number of sulfone groups is 1. The summed E-state index contributed by atoms with van der Waals surface area (Å²) in [5.41, 5.74) is 0. The third kappa shape index (κ3) is 4.25. The van der Waals surface area contributed by atoms with Crippen LogP contribution in [0.2, 0.25) is 0 Å². The largest absolute Gasteiger partial charge is 0.416 e. The third-order valence-corrected chi connectivity index (χ3v) is 4.77. The third-order valence-electron chi connectivity index (χ3n) is 2.75. The van der Waals surface area contributed by atoms with Crippen LogP contribution in [0.4, 0.5) is 0 Å². The first kappa shape index (κ1) is 13.8. The minimum absolute atomic E-state index is 0.125. The lowest BCUT2D eigenvalue weighted by atomic mass is 10.00. The molecule has 1 atom stereocenters. The lowest BCUT2D eigenvalue weighted by Crippen LogP contribution is -2.28. The van der Waals surface area contributed by atoms with Crippen LogP contribution >= 0.6 is 11.8 Å². The monoisotopic (exact) mass is 291 g/mol. The number of hydrogen-bond acceptors (Lipinski definition) is 7. The summed E-state index contributed by atoms with van der Waals surface area (Å²) in [7, 11) is -2.93. The van der Waals surface area contributed by atoms with Crippen LogP contribution in [0.5, 0.6) is 0 Å². The Morgan fingerprint density at radius 1 is 1.50 bits per heavy atom. The SMILES string of the molecule is CS(=O)(=O)CCSc1nnc(C2CCCNC2)o1. The Kier molecular flexibility index (Phi) is 4.63. The Morgan fingerprint density at radius 2 is 2.33 bits per heavy atom. The van der Waals surface area contributed by atoms with Gasteiger partial charge in [-0.25, -0.2) is 8.42 Å². The highest BCUT2D eigenvalue weighted by molar-refractivity contribution is 8.00. The van der Waals surface area contributed by atoms with Crippen molar-refractivity contribution < 1.29 is 12.8 Å². The fourth-order valence-corrected chi connectivity index (χ4v) is 3.75. The summed E-state index contributed by atoms with van der Waals surface area (Å²) in [6, 6.07) is 0. The van der Waals surface area contributed by atoms with Gasteiger partial charge in [-0.05, 0) is 19.4 Å². The van der Waals surface area contributed by atoms with E-state index in [0.717, 1.165) is 25.9 Å². The number of hydrogen-bond donors (Lipinski definition) is 1. The highest BCUT2D eigenvalue weighted by atomic mass is 32.2. The molecule has 1 aromatic rings. The van der Waals surface area contributed by atoms with Crippen LogP contribution in [0, 0.1) is 0 Å². The van der Waals surface area contributed by atoms with Gasteiger partial charge in [0.2, 0.25) is 5.89 Å². The minimum Gasteiger partial charge on any atom is -0.416 e. The van der Waals surface area contributed by atoms with Crippen LogP contribution < -0.4 is 5.32 Å². The molecule has 0 bridgehead atoms. The van der Waals surface area contributed by atoms with Gasteiger partial charge in [-0.15, -0.1) is 10.2 Å². The molecule has 0 saturated carbocycles. The van der Waals surface area contributed by atoms with Gasteiger partial charge in [0.05, 0.1) is 5.75 Å². The molecule has 0 radical (unpaired) electrons. The quantitative estimate of drug-likeness (QED) is 0.798. The van der Waals surface area contributed by atoms with Crippen molar-refractivity contribution in [2.75, 3.05) is 30.9 Å². The van der Waals surface area contributed by atoms with E-state index < -0.39 is 9.84 Å². The molecule has 1 fully saturated rings. The fraction of sp³-hybridized carbons (Fsp3) is 0.800. The van der Waals surface area contributed by atoms with Gasteiger partial charge in [0, 0.05) is 24.5 Å². The molecule has 18 heavy (non-hydrogen) atoms. The predicted molar refractivity (Wildman–Crippen MR) is 69.6 cm³/mol. The van der Waals surface area contributed by atoms with E-state index in [-0.39, 0.29) is 11.7 Å².